The largest absolute Gasteiger partial charge is 0.386 e. The van der Waals surface area contributed by atoms with Crippen molar-refractivity contribution in [3.05, 3.63) is 18.3 Å². The van der Waals surface area contributed by atoms with Gasteiger partial charge in [0.25, 0.3) is 0 Å². The second-order valence-corrected chi connectivity index (χ2v) is 2.38. The Labute approximate surface area is 79.5 Å². The summed E-state index contributed by atoms with van der Waals surface area (Å²) in [6, 6.07) is 0. The number of aromatic nitrogens is 2. The fourth-order valence-electron chi connectivity index (χ4n) is 0.683. The number of nitrogens with zero attached hydrogens (tertiary/aromatic N) is 2. The van der Waals surface area contributed by atoms with E-state index < -0.39 is 5.97 Å². The molecule has 0 fully saturated rings. The Kier molecular flexibility index (Phi) is 3.11. The van der Waals surface area contributed by atoms with Crippen LogP contribution in [-0.2, 0) is 9.59 Å². The molecule has 14 heavy (non-hydrogen) atoms. The predicted molar refractivity (Wildman–Crippen MR) is 44.4 cm³/mol. The summed E-state index contributed by atoms with van der Waals surface area (Å²) in [5, 5.41) is 6.37. The van der Waals surface area contributed by atoms with Crippen LogP contribution in [-0.4, -0.2) is 22.1 Å². The molecule has 0 unspecified atom stereocenters. The number of esters is 1. The van der Waals surface area contributed by atoms with Gasteiger partial charge in [-0.3, -0.25) is 9.32 Å². The van der Waals surface area contributed by atoms with Crippen LogP contribution in [0.2, 0.25) is 0 Å². The first kappa shape index (κ1) is 10.1. The Morgan fingerprint density at radius 2 is 2.36 bits per heavy atom. The van der Waals surface area contributed by atoms with Crippen molar-refractivity contribution < 1.29 is 18.8 Å². The monoisotopic (exact) mass is 196 g/mol. The van der Waals surface area contributed by atoms with Gasteiger partial charge < -0.3 is 4.74 Å². The van der Waals surface area contributed by atoms with Crippen LogP contribution in [0.4, 0.5) is 0 Å². The highest BCUT2D eigenvalue weighted by Gasteiger charge is 2.17. The van der Waals surface area contributed by atoms with Gasteiger partial charge in [-0.15, -0.1) is 5.10 Å². The van der Waals surface area contributed by atoms with Crippen LogP contribution in [0, 0.1) is 0 Å². The molecule has 1 aromatic heterocycles. The van der Waals surface area contributed by atoms with E-state index >= 15 is 0 Å². The van der Waals surface area contributed by atoms with E-state index in [0.717, 1.165) is 6.20 Å². The number of ketones is 1. The fraction of sp³-hybridized carbons (Fsp3) is 0.250. The number of rotatable bonds is 4. The van der Waals surface area contributed by atoms with Crippen molar-refractivity contribution in [3.63, 3.8) is 0 Å². The van der Waals surface area contributed by atoms with E-state index in [1.807, 2.05) is 0 Å². The van der Waals surface area contributed by atoms with Crippen molar-refractivity contribution in [2.24, 2.45) is 0 Å². The molecule has 1 heterocycles. The summed E-state index contributed by atoms with van der Waals surface area (Å²) in [7, 11) is 0. The predicted octanol–water partition coefficient (Wildman–Crippen LogP) is 0.510. The average molecular weight is 196 g/mol. The molecular formula is C8H8N2O4. The maximum atomic E-state index is 11.2. The third-order valence-corrected chi connectivity index (χ3v) is 1.44. The summed E-state index contributed by atoms with van der Waals surface area (Å²) >= 11 is 0. The molecule has 0 aliphatic carbocycles. The number of Topliss-reactive ketones (excluding diaryl/α,β-unsaturated/α-hetero) is 1. The zero-order valence-corrected chi connectivity index (χ0v) is 7.52. The highest BCUT2D eigenvalue weighted by molar-refractivity contribution is 6.17. The number of hydrogen-bond acceptors (Lipinski definition) is 6. The topological polar surface area (TPSA) is 82.3 Å². The molecule has 0 radical (unpaired) electrons. The first-order valence-corrected chi connectivity index (χ1v) is 3.86. The van der Waals surface area contributed by atoms with E-state index in [2.05, 4.69) is 26.2 Å². The lowest BCUT2D eigenvalue weighted by molar-refractivity contribution is -0.133. The maximum absolute atomic E-state index is 11.2. The van der Waals surface area contributed by atoms with Crippen LogP contribution in [0.25, 0.3) is 0 Å². The highest BCUT2D eigenvalue weighted by atomic mass is 16.7. The first-order chi connectivity index (χ1) is 6.65. The molecule has 1 rings (SSSR count). The minimum absolute atomic E-state index is 0.167. The van der Waals surface area contributed by atoms with Crippen molar-refractivity contribution in [3.8, 4) is 5.95 Å². The molecule has 0 saturated carbocycles. The van der Waals surface area contributed by atoms with Crippen molar-refractivity contribution in [2.75, 3.05) is 0 Å². The van der Waals surface area contributed by atoms with Gasteiger partial charge in [0.15, 0.2) is 5.78 Å². The van der Waals surface area contributed by atoms with Crippen LogP contribution in [0.15, 0.2) is 22.9 Å². The Morgan fingerprint density at radius 1 is 1.64 bits per heavy atom. The quantitative estimate of drug-likeness (QED) is 0.302. The fourth-order valence-corrected chi connectivity index (χ4v) is 0.683. The summed E-state index contributed by atoms with van der Waals surface area (Å²) < 4.78 is 9.00. The van der Waals surface area contributed by atoms with Gasteiger partial charge in [0.1, 0.15) is 6.20 Å². The van der Waals surface area contributed by atoms with Crippen molar-refractivity contribution in [2.45, 2.75) is 13.3 Å². The van der Waals surface area contributed by atoms with E-state index in [0.29, 0.717) is 0 Å². The van der Waals surface area contributed by atoms with Gasteiger partial charge in [-0.25, -0.2) is 4.79 Å². The third-order valence-electron chi connectivity index (χ3n) is 1.44. The van der Waals surface area contributed by atoms with Crippen molar-refractivity contribution in [1.29, 1.82) is 0 Å². The number of carbonyl (C=O) groups is 2. The Balaban J connectivity index is 2.59. The van der Waals surface area contributed by atoms with Gasteiger partial charge in [0.2, 0.25) is 0 Å². The van der Waals surface area contributed by atoms with E-state index in [4.69, 9.17) is 0 Å². The molecule has 74 valence electrons. The lowest BCUT2D eigenvalue weighted by atomic mass is 10.1. The number of hydrogen-bond donors (Lipinski definition) is 0. The molecule has 0 aliphatic rings. The zero-order valence-electron chi connectivity index (χ0n) is 7.52. The van der Waals surface area contributed by atoms with Crippen LogP contribution >= 0.6 is 0 Å². The number of carbonyl (C=O) groups excluding carboxylic acids is 2. The summed E-state index contributed by atoms with van der Waals surface area (Å²) in [6.45, 7) is 4.92. The molecule has 0 aromatic carbocycles. The highest BCUT2D eigenvalue weighted by Crippen LogP contribution is 2.08. The van der Waals surface area contributed by atoms with Gasteiger partial charge in [0, 0.05) is 11.7 Å². The molecule has 0 N–H and O–H groups in total. The molecule has 0 atom stereocenters. The summed E-state index contributed by atoms with van der Waals surface area (Å²) in [4.78, 5) is 22.2. The summed E-state index contributed by atoms with van der Waals surface area (Å²) in [5.41, 5.74) is -0.219. The minimum Gasteiger partial charge on any atom is -0.386 e. The van der Waals surface area contributed by atoms with Crippen LogP contribution in [0.5, 0.6) is 5.95 Å². The van der Waals surface area contributed by atoms with Crippen LogP contribution in [0.3, 0.4) is 0 Å². The maximum Gasteiger partial charge on any atom is 0.349 e. The Morgan fingerprint density at radius 3 is 2.86 bits per heavy atom. The van der Waals surface area contributed by atoms with Crippen LogP contribution < -0.4 is 4.74 Å². The molecule has 6 heteroatoms. The van der Waals surface area contributed by atoms with Crippen molar-refractivity contribution >= 4 is 11.8 Å². The molecule has 0 spiro atoms. The van der Waals surface area contributed by atoms with E-state index in [1.54, 1.807) is 6.92 Å². The van der Waals surface area contributed by atoms with E-state index in [9.17, 15) is 9.59 Å². The number of ether oxygens (including phenoxy) is 1. The molecule has 0 aliphatic heterocycles. The van der Waals surface area contributed by atoms with Gasteiger partial charge in [0.05, 0.1) is 5.57 Å². The summed E-state index contributed by atoms with van der Waals surface area (Å²) in [5.74, 6) is -1.39. The van der Waals surface area contributed by atoms with Gasteiger partial charge in [-0.2, -0.15) is 0 Å². The summed E-state index contributed by atoms with van der Waals surface area (Å²) in [6.07, 6.45) is 1.31. The molecule has 0 bridgehead atoms. The van der Waals surface area contributed by atoms with E-state index in [-0.39, 0.29) is 23.7 Å². The Bertz CT molecular complexity index is 355. The molecule has 6 nitrogen and oxygen atoms in total. The van der Waals surface area contributed by atoms with Gasteiger partial charge >= 0.3 is 11.9 Å². The standard InChI is InChI=1S/C8H8N2O4/c1-3-6(11)5(2)8(12)13-7-4-9-10-14-7/h4H,2-3H2,1H3. The van der Waals surface area contributed by atoms with E-state index in [1.165, 1.54) is 0 Å². The molecular weight excluding hydrogens is 188 g/mol. The molecule has 0 amide bonds. The normalized spacial score (nSPS) is 9.50. The zero-order chi connectivity index (χ0) is 10.6. The molecule has 0 saturated heterocycles. The Hall–Kier alpha value is -1.98. The second-order valence-electron chi connectivity index (χ2n) is 2.38. The SMILES string of the molecule is C=C(C(=O)CC)C(=O)Oc1cnno1. The lowest BCUT2D eigenvalue weighted by Crippen LogP contribution is -2.16. The first-order valence-electron chi connectivity index (χ1n) is 3.86. The van der Waals surface area contributed by atoms with Gasteiger partial charge in [-0.05, 0) is 0 Å². The van der Waals surface area contributed by atoms with Crippen molar-refractivity contribution in [1.82, 2.24) is 10.4 Å². The second kappa shape index (κ2) is 4.31. The third kappa shape index (κ3) is 2.25. The smallest absolute Gasteiger partial charge is 0.349 e. The lowest BCUT2D eigenvalue weighted by Gasteiger charge is -1.99. The minimum atomic E-state index is -0.851. The van der Waals surface area contributed by atoms with Gasteiger partial charge in [-0.1, -0.05) is 13.5 Å². The van der Waals surface area contributed by atoms with Crippen LogP contribution in [0.1, 0.15) is 13.3 Å². The average Bonchev–Trinajstić information content (AvgIpc) is 2.68. The molecule has 1 aromatic rings.